The molecule has 0 saturated carbocycles. The Bertz CT molecular complexity index is 323. The Balaban J connectivity index is 2.44. The van der Waals surface area contributed by atoms with Gasteiger partial charge in [0, 0.05) is 24.0 Å². The third kappa shape index (κ3) is 5.61. The Morgan fingerprint density at radius 3 is 2.47 bits per heavy atom. The van der Waals surface area contributed by atoms with Gasteiger partial charge in [-0.05, 0) is 30.5 Å². The lowest BCUT2D eigenvalue weighted by molar-refractivity contribution is 0.112. The summed E-state index contributed by atoms with van der Waals surface area (Å²) in [4.78, 5) is 3.60. The van der Waals surface area contributed by atoms with Gasteiger partial charge < -0.3 is 15.3 Å². The molecule has 0 saturated heterocycles. The van der Waals surface area contributed by atoms with Crippen LogP contribution in [0.2, 0.25) is 0 Å². The van der Waals surface area contributed by atoms with Gasteiger partial charge in [0.05, 0.1) is 6.10 Å². The van der Waals surface area contributed by atoms with Crippen molar-refractivity contribution in [3.63, 3.8) is 0 Å². The Kier molecular flexibility index (Phi) is 7.61. The maximum Gasteiger partial charge on any atom is 0.0791 e. The Morgan fingerprint density at radius 2 is 2.00 bits per heavy atom. The van der Waals surface area contributed by atoms with E-state index in [9.17, 15) is 5.11 Å². The van der Waals surface area contributed by atoms with Crippen molar-refractivity contribution >= 4 is 11.3 Å². The van der Waals surface area contributed by atoms with Crippen molar-refractivity contribution in [2.45, 2.75) is 39.8 Å². The number of hydrogen-bond donors (Lipinski definition) is 2. The number of likely N-dealkylation sites (N-methyl/N-ethyl adjacent to an activating group) is 1. The number of nitrogens with one attached hydrogen (secondary N) is 1. The molecule has 2 atom stereocenters. The van der Waals surface area contributed by atoms with E-state index in [1.807, 2.05) is 0 Å². The molecular weight excluding hydrogens is 256 g/mol. The summed E-state index contributed by atoms with van der Waals surface area (Å²) in [5.41, 5.74) is 0. The average molecular weight is 284 g/mol. The van der Waals surface area contributed by atoms with Gasteiger partial charge in [-0.2, -0.15) is 0 Å². The highest BCUT2D eigenvalue weighted by atomic mass is 32.1. The summed E-state index contributed by atoms with van der Waals surface area (Å²) < 4.78 is 0. The second kappa shape index (κ2) is 8.69. The van der Waals surface area contributed by atoms with Gasteiger partial charge in [0.15, 0.2) is 0 Å². The van der Waals surface area contributed by atoms with E-state index in [4.69, 9.17) is 0 Å². The minimum atomic E-state index is -0.305. The largest absolute Gasteiger partial charge is 0.390 e. The van der Waals surface area contributed by atoms with E-state index in [0.29, 0.717) is 18.5 Å². The second-order valence-corrected chi connectivity index (χ2v) is 6.26. The quantitative estimate of drug-likeness (QED) is 0.732. The fraction of sp³-hybridized carbons (Fsp3) is 0.733. The van der Waals surface area contributed by atoms with Gasteiger partial charge in [-0.15, -0.1) is 11.3 Å². The van der Waals surface area contributed by atoms with E-state index in [1.54, 1.807) is 11.3 Å². The van der Waals surface area contributed by atoms with Crippen molar-refractivity contribution in [1.82, 2.24) is 10.2 Å². The molecule has 4 heteroatoms. The molecule has 1 aromatic rings. The van der Waals surface area contributed by atoms with Gasteiger partial charge in [0.25, 0.3) is 0 Å². The predicted molar refractivity (Wildman–Crippen MR) is 83.7 cm³/mol. The van der Waals surface area contributed by atoms with Crippen LogP contribution < -0.4 is 5.32 Å². The summed E-state index contributed by atoms with van der Waals surface area (Å²) in [5.74, 6) is 0.527. The third-order valence-electron chi connectivity index (χ3n) is 3.45. The highest BCUT2D eigenvalue weighted by molar-refractivity contribution is 7.10. The van der Waals surface area contributed by atoms with Crippen molar-refractivity contribution in [2.75, 3.05) is 26.2 Å². The van der Waals surface area contributed by atoms with Gasteiger partial charge in [-0.25, -0.2) is 0 Å². The Labute approximate surface area is 121 Å². The van der Waals surface area contributed by atoms with Gasteiger partial charge in [0.1, 0.15) is 0 Å². The van der Waals surface area contributed by atoms with Crippen molar-refractivity contribution in [3.8, 4) is 0 Å². The molecule has 2 unspecified atom stereocenters. The highest BCUT2D eigenvalue weighted by Crippen LogP contribution is 2.25. The SMILES string of the molecule is CCN(CC)CC(O)CNC(c1cccs1)C(C)C. The van der Waals surface area contributed by atoms with Crippen LogP contribution in [0, 0.1) is 5.92 Å². The zero-order valence-electron chi connectivity index (χ0n) is 12.6. The minimum Gasteiger partial charge on any atom is -0.390 e. The molecule has 0 spiro atoms. The Hall–Kier alpha value is -0.420. The van der Waals surface area contributed by atoms with Crippen LogP contribution in [0.1, 0.15) is 38.6 Å². The first-order valence-electron chi connectivity index (χ1n) is 7.25. The molecule has 0 aliphatic carbocycles. The fourth-order valence-electron chi connectivity index (χ4n) is 2.24. The van der Waals surface area contributed by atoms with Gasteiger partial charge in [0.2, 0.25) is 0 Å². The van der Waals surface area contributed by atoms with E-state index in [2.05, 4.69) is 55.4 Å². The van der Waals surface area contributed by atoms with Crippen molar-refractivity contribution in [3.05, 3.63) is 22.4 Å². The molecule has 3 nitrogen and oxygen atoms in total. The molecule has 0 aliphatic rings. The summed E-state index contributed by atoms with van der Waals surface area (Å²) in [6.45, 7) is 12.1. The van der Waals surface area contributed by atoms with Crippen molar-refractivity contribution < 1.29 is 5.11 Å². The third-order valence-corrected chi connectivity index (χ3v) is 4.41. The van der Waals surface area contributed by atoms with E-state index in [-0.39, 0.29) is 6.10 Å². The standard InChI is InChI=1S/C15H28N2OS/c1-5-17(6-2)11-13(18)10-16-15(12(3)4)14-8-7-9-19-14/h7-9,12-13,15-16,18H,5-6,10-11H2,1-4H3. The molecule has 2 N–H and O–H groups in total. The molecule has 0 fully saturated rings. The number of hydrogen-bond acceptors (Lipinski definition) is 4. The number of rotatable bonds is 9. The number of aliphatic hydroxyl groups excluding tert-OH is 1. The maximum absolute atomic E-state index is 10.1. The maximum atomic E-state index is 10.1. The van der Waals surface area contributed by atoms with E-state index in [1.165, 1.54) is 4.88 Å². The normalized spacial score (nSPS) is 15.1. The molecule has 0 bridgehead atoms. The van der Waals surface area contributed by atoms with Gasteiger partial charge in [-0.3, -0.25) is 0 Å². The summed E-state index contributed by atoms with van der Waals surface area (Å²) in [6, 6.07) is 4.59. The van der Waals surface area contributed by atoms with Gasteiger partial charge in [-0.1, -0.05) is 33.8 Å². The second-order valence-electron chi connectivity index (χ2n) is 5.29. The molecule has 110 valence electrons. The van der Waals surface area contributed by atoms with Crippen LogP contribution in [-0.4, -0.2) is 42.3 Å². The smallest absolute Gasteiger partial charge is 0.0791 e. The first kappa shape index (κ1) is 16.6. The lowest BCUT2D eigenvalue weighted by atomic mass is 10.0. The minimum absolute atomic E-state index is 0.305. The zero-order valence-corrected chi connectivity index (χ0v) is 13.4. The lowest BCUT2D eigenvalue weighted by Crippen LogP contribution is -2.40. The average Bonchev–Trinajstić information content (AvgIpc) is 2.89. The first-order valence-corrected chi connectivity index (χ1v) is 8.13. The molecule has 1 aromatic heterocycles. The monoisotopic (exact) mass is 284 g/mol. The zero-order chi connectivity index (χ0) is 14.3. The fourth-order valence-corrected chi connectivity index (χ4v) is 3.21. The van der Waals surface area contributed by atoms with Crippen molar-refractivity contribution in [1.29, 1.82) is 0 Å². The van der Waals surface area contributed by atoms with Crippen LogP contribution in [0.3, 0.4) is 0 Å². The van der Waals surface area contributed by atoms with Crippen LogP contribution >= 0.6 is 11.3 Å². The number of nitrogens with zero attached hydrogens (tertiary/aromatic N) is 1. The molecule has 0 radical (unpaired) electrons. The molecule has 0 aliphatic heterocycles. The van der Waals surface area contributed by atoms with Crippen LogP contribution in [0.25, 0.3) is 0 Å². The van der Waals surface area contributed by atoms with Crippen molar-refractivity contribution in [2.24, 2.45) is 5.92 Å². The van der Waals surface area contributed by atoms with Crippen LogP contribution in [-0.2, 0) is 0 Å². The summed E-state index contributed by atoms with van der Waals surface area (Å²) in [6.07, 6.45) is -0.305. The first-order chi connectivity index (χ1) is 9.08. The summed E-state index contributed by atoms with van der Waals surface area (Å²) >= 11 is 1.78. The highest BCUT2D eigenvalue weighted by Gasteiger charge is 2.18. The van der Waals surface area contributed by atoms with Crippen LogP contribution in [0.4, 0.5) is 0 Å². The molecule has 19 heavy (non-hydrogen) atoms. The molecule has 1 rings (SSSR count). The van der Waals surface area contributed by atoms with E-state index in [0.717, 1.165) is 19.6 Å². The van der Waals surface area contributed by atoms with Crippen LogP contribution in [0.5, 0.6) is 0 Å². The summed E-state index contributed by atoms with van der Waals surface area (Å²) in [5, 5.41) is 15.7. The molecule has 0 aromatic carbocycles. The lowest BCUT2D eigenvalue weighted by Gasteiger charge is -2.26. The van der Waals surface area contributed by atoms with Gasteiger partial charge >= 0.3 is 0 Å². The summed E-state index contributed by atoms with van der Waals surface area (Å²) in [7, 11) is 0. The predicted octanol–water partition coefficient (Wildman–Crippen LogP) is 2.74. The van der Waals surface area contributed by atoms with E-state index >= 15 is 0 Å². The number of aliphatic hydroxyl groups is 1. The topological polar surface area (TPSA) is 35.5 Å². The molecular formula is C15H28N2OS. The van der Waals surface area contributed by atoms with Crippen LogP contribution in [0.15, 0.2) is 17.5 Å². The van der Waals surface area contributed by atoms with E-state index < -0.39 is 0 Å². The molecule has 1 heterocycles. The molecule has 0 amide bonds. The number of thiophene rings is 1. The Morgan fingerprint density at radius 1 is 1.32 bits per heavy atom.